The minimum Gasteiger partial charge on any atom is -0.484 e. The van der Waals surface area contributed by atoms with Crippen LogP contribution in [-0.4, -0.2) is 24.6 Å². The molecular formula is C17H19BrN2O3. The number of carbonyl (C=O) groups excluding carboxylic acids is 2. The van der Waals surface area contributed by atoms with Gasteiger partial charge in [0.1, 0.15) is 5.75 Å². The van der Waals surface area contributed by atoms with Crippen molar-refractivity contribution >= 4 is 38.6 Å². The van der Waals surface area contributed by atoms with Crippen LogP contribution in [0.3, 0.4) is 0 Å². The summed E-state index contributed by atoms with van der Waals surface area (Å²) < 4.78 is 6.44. The summed E-state index contributed by atoms with van der Waals surface area (Å²) >= 11 is 3.42. The number of halogens is 1. The lowest BCUT2D eigenvalue weighted by Crippen LogP contribution is -2.44. The molecule has 122 valence electrons. The Labute approximate surface area is 143 Å². The third-order valence-corrected chi connectivity index (χ3v) is 3.88. The van der Waals surface area contributed by atoms with E-state index < -0.39 is 11.9 Å². The molecule has 0 aromatic heterocycles. The van der Waals surface area contributed by atoms with Gasteiger partial charge in [0.15, 0.2) is 6.61 Å². The molecule has 0 heterocycles. The van der Waals surface area contributed by atoms with E-state index >= 15 is 0 Å². The zero-order chi connectivity index (χ0) is 16.8. The molecule has 0 aliphatic heterocycles. The first-order chi connectivity index (χ1) is 11.0. The molecule has 2 N–H and O–H groups in total. The fourth-order valence-corrected chi connectivity index (χ4v) is 2.34. The van der Waals surface area contributed by atoms with Gasteiger partial charge in [-0.1, -0.05) is 35.0 Å². The second-order valence-electron chi connectivity index (χ2n) is 5.27. The van der Waals surface area contributed by atoms with Crippen LogP contribution >= 0.6 is 15.9 Å². The Hall–Kier alpha value is -2.08. The van der Waals surface area contributed by atoms with Gasteiger partial charge in [-0.2, -0.15) is 0 Å². The molecule has 5 nitrogen and oxygen atoms in total. The molecule has 0 aliphatic carbocycles. The van der Waals surface area contributed by atoms with Gasteiger partial charge in [0.25, 0.3) is 5.91 Å². The van der Waals surface area contributed by atoms with Crippen molar-refractivity contribution in [2.75, 3.05) is 6.61 Å². The SMILES string of the molecule is CC[C@H](C)NC(=O)NC(=O)COc1ccc2cc(Br)ccc2c1. The molecule has 0 unspecified atom stereocenters. The maximum absolute atomic E-state index is 11.7. The van der Waals surface area contributed by atoms with Gasteiger partial charge < -0.3 is 10.1 Å². The smallest absolute Gasteiger partial charge is 0.321 e. The van der Waals surface area contributed by atoms with E-state index in [0.29, 0.717) is 5.75 Å². The number of carbonyl (C=O) groups is 2. The molecule has 0 spiro atoms. The highest BCUT2D eigenvalue weighted by atomic mass is 79.9. The van der Waals surface area contributed by atoms with E-state index in [0.717, 1.165) is 21.7 Å². The molecule has 2 aromatic rings. The normalized spacial score (nSPS) is 11.8. The van der Waals surface area contributed by atoms with Crippen molar-refractivity contribution < 1.29 is 14.3 Å². The summed E-state index contributed by atoms with van der Waals surface area (Å²) in [7, 11) is 0. The third kappa shape index (κ3) is 5.25. The predicted molar refractivity (Wildman–Crippen MR) is 93.6 cm³/mol. The molecule has 2 aromatic carbocycles. The summed E-state index contributed by atoms with van der Waals surface area (Å²) in [5, 5.41) is 6.98. The number of fused-ring (bicyclic) bond motifs is 1. The van der Waals surface area contributed by atoms with Crippen molar-refractivity contribution in [3.8, 4) is 5.75 Å². The molecule has 0 fully saturated rings. The Morgan fingerprint density at radius 1 is 1.17 bits per heavy atom. The first-order valence-electron chi connectivity index (χ1n) is 7.40. The Morgan fingerprint density at radius 3 is 2.61 bits per heavy atom. The third-order valence-electron chi connectivity index (χ3n) is 3.39. The molecular weight excluding hydrogens is 360 g/mol. The van der Waals surface area contributed by atoms with Crippen LogP contribution in [0.4, 0.5) is 4.79 Å². The molecule has 2 rings (SSSR count). The topological polar surface area (TPSA) is 67.4 Å². The largest absolute Gasteiger partial charge is 0.484 e. The van der Waals surface area contributed by atoms with Gasteiger partial charge in [-0.05, 0) is 48.4 Å². The van der Waals surface area contributed by atoms with Gasteiger partial charge in [0.2, 0.25) is 0 Å². The van der Waals surface area contributed by atoms with E-state index in [-0.39, 0.29) is 12.6 Å². The van der Waals surface area contributed by atoms with Crippen LogP contribution in [0.2, 0.25) is 0 Å². The van der Waals surface area contributed by atoms with Gasteiger partial charge in [0, 0.05) is 10.5 Å². The van der Waals surface area contributed by atoms with E-state index in [9.17, 15) is 9.59 Å². The lowest BCUT2D eigenvalue weighted by atomic mass is 10.1. The maximum Gasteiger partial charge on any atom is 0.321 e. The van der Waals surface area contributed by atoms with Crippen molar-refractivity contribution in [3.05, 3.63) is 40.9 Å². The predicted octanol–water partition coefficient (Wildman–Crippen LogP) is 3.61. The minimum atomic E-state index is -0.503. The first-order valence-corrected chi connectivity index (χ1v) is 8.19. The maximum atomic E-state index is 11.7. The molecule has 0 aliphatic rings. The van der Waals surface area contributed by atoms with Gasteiger partial charge in [-0.15, -0.1) is 0 Å². The number of rotatable bonds is 5. The van der Waals surface area contributed by atoms with Crippen LogP contribution in [0.5, 0.6) is 5.75 Å². The van der Waals surface area contributed by atoms with Crippen LogP contribution in [0.25, 0.3) is 10.8 Å². The molecule has 0 radical (unpaired) electrons. The van der Waals surface area contributed by atoms with Gasteiger partial charge in [0.05, 0.1) is 0 Å². The zero-order valence-corrected chi connectivity index (χ0v) is 14.6. The van der Waals surface area contributed by atoms with E-state index in [4.69, 9.17) is 4.74 Å². The fourth-order valence-electron chi connectivity index (χ4n) is 1.96. The second kappa shape index (κ2) is 7.97. The number of urea groups is 1. The lowest BCUT2D eigenvalue weighted by Gasteiger charge is -2.12. The van der Waals surface area contributed by atoms with Gasteiger partial charge >= 0.3 is 6.03 Å². The number of ether oxygens (including phenoxy) is 1. The molecule has 3 amide bonds. The number of amides is 3. The fraction of sp³-hybridized carbons (Fsp3) is 0.294. The number of benzene rings is 2. The van der Waals surface area contributed by atoms with E-state index in [2.05, 4.69) is 26.6 Å². The summed E-state index contributed by atoms with van der Waals surface area (Å²) in [4.78, 5) is 23.2. The summed E-state index contributed by atoms with van der Waals surface area (Å²) in [5.41, 5.74) is 0. The molecule has 6 heteroatoms. The monoisotopic (exact) mass is 378 g/mol. The quantitative estimate of drug-likeness (QED) is 0.834. The first kappa shape index (κ1) is 17.3. The Balaban J connectivity index is 1.89. The second-order valence-corrected chi connectivity index (χ2v) is 6.19. The lowest BCUT2D eigenvalue weighted by molar-refractivity contribution is -0.122. The van der Waals surface area contributed by atoms with Crippen molar-refractivity contribution in [2.45, 2.75) is 26.3 Å². The van der Waals surface area contributed by atoms with Gasteiger partial charge in [-0.25, -0.2) is 4.79 Å². The van der Waals surface area contributed by atoms with Crippen LogP contribution in [0, 0.1) is 0 Å². The molecule has 1 atom stereocenters. The summed E-state index contributed by atoms with van der Waals surface area (Å²) in [5.74, 6) is 0.0963. The van der Waals surface area contributed by atoms with Crippen molar-refractivity contribution in [3.63, 3.8) is 0 Å². The number of hydrogen-bond acceptors (Lipinski definition) is 3. The highest BCUT2D eigenvalue weighted by Gasteiger charge is 2.10. The number of imide groups is 1. The van der Waals surface area contributed by atoms with Crippen molar-refractivity contribution in [1.29, 1.82) is 0 Å². The van der Waals surface area contributed by atoms with E-state index in [1.54, 1.807) is 6.07 Å². The molecule has 0 saturated heterocycles. The minimum absolute atomic E-state index is 0.0172. The molecule has 0 bridgehead atoms. The van der Waals surface area contributed by atoms with Crippen molar-refractivity contribution in [1.82, 2.24) is 10.6 Å². The number of hydrogen-bond donors (Lipinski definition) is 2. The Morgan fingerprint density at radius 2 is 1.87 bits per heavy atom. The van der Waals surface area contributed by atoms with Crippen LogP contribution in [-0.2, 0) is 4.79 Å². The average molecular weight is 379 g/mol. The Kier molecular flexibility index (Phi) is 5.98. The van der Waals surface area contributed by atoms with E-state index in [1.165, 1.54) is 0 Å². The number of nitrogens with one attached hydrogen (secondary N) is 2. The standard InChI is InChI=1S/C17H19BrN2O3/c1-3-11(2)19-17(22)20-16(21)10-23-15-7-5-12-8-14(18)6-4-13(12)9-15/h4-9,11H,3,10H2,1-2H3,(H2,19,20,21,22)/t11-/m0/s1. The molecule has 23 heavy (non-hydrogen) atoms. The van der Waals surface area contributed by atoms with Crippen molar-refractivity contribution in [2.24, 2.45) is 0 Å². The van der Waals surface area contributed by atoms with E-state index in [1.807, 2.05) is 44.2 Å². The molecule has 0 saturated carbocycles. The highest BCUT2D eigenvalue weighted by molar-refractivity contribution is 9.10. The van der Waals surface area contributed by atoms with Crippen LogP contribution < -0.4 is 15.4 Å². The Bertz CT molecular complexity index is 718. The summed E-state index contributed by atoms with van der Waals surface area (Å²) in [6.45, 7) is 3.61. The van der Waals surface area contributed by atoms with Gasteiger partial charge in [-0.3, -0.25) is 10.1 Å². The van der Waals surface area contributed by atoms with Crippen LogP contribution in [0.15, 0.2) is 40.9 Å². The zero-order valence-electron chi connectivity index (χ0n) is 13.1. The average Bonchev–Trinajstić information content (AvgIpc) is 2.52. The van der Waals surface area contributed by atoms with Crippen LogP contribution in [0.1, 0.15) is 20.3 Å². The summed E-state index contributed by atoms with van der Waals surface area (Å²) in [6, 6.07) is 11.0. The highest BCUT2D eigenvalue weighted by Crippen LogP contribution is 2.24. The summed E-state index contributed by atoms with van der Waals surface area (Å²) in [6.07, 6.45) is 0.797.